The number of rotatable bonds is 4. The first-order valence-electron chi connectivity index (χ1n) is 6.02. The van der Waals surface area contributed by atoms with Crippen LogP contribution in [0.2, 0.25) is 5.09 Å². The van der Waals surface area contributed by atoms with Crippen molar-refractivity contribution in [1.29, 1.82) is 0 Å². The summed E-state index contributed by atoms with van der Waals surface area (Å²) >= 11 is 2.21. The van der Waals surface area contributed by atoms with Gasteiger partial charge in [-0.25, -0.2) is 4.98 Å². The third-order valence-electron chi connectivity index (χ3n) is 2.23. The summed E-state index contributed by atoms with van der Waals surface area (Å²) in [6.45, 7) is 2.21. The SMILES string of the molecule is CN(C)c1ccc(B(O)O)cn1.Cl.Cl.[Li][CH2]CCC. The molecule has 1 aromatic heterocycles. The number of pyridine rings is 1. The van der Waals surface area contributed by atoms with Crippen LogP contribution in [-0.4, -0.2) is 54.0 Å². The molecule has 1 heterocycles. The summed E-state index contributed by atoms with van der Waals surface area (Å²) in [5.41, 5.74) is 0.403. The van der Waals surface area contributed by atoms with Crippen molar-refractivity contribution in [3.8, 4) is 0 Å². The van der Waals surface area contributed by atoms with Gasteiger partial charge in [-0.3, -0.25) is 0 Å². The van der Waals surface area contributed by atoms with Crippen LogP contribution in [0.3, 0.4) is 0 Å². The second-order valence-corrected chi connectivity index (χ2v) is 4.07. The monoisotopic (exact) mass is 302 g/mol. The molecule has 0 bridgehead atoms. The van der Waals surface area contributed by atoms with E-state index in [1.165, 1.54) is 24.1 Å². The molecule has 4 nitrogen and oxygen atoms in total. The van der Waals surface area contributed by atoms with Gasteiger partial charge in [0, 0.05) is 25.8 Å². The molecule has 8 heteroatoms. The molecule has 0 saturated carbocycles. The molecule has 0 aliphatic heterocycles. The van der Waals surface area contributed by atoms with Gasteiger partial charge < -0.3 is 14.9 Å². The molecule has 0 aliphatic rings. The average Bonchev–Trinajstić information content (AvgIpc) is 2.31. The third kappa shape index (κ3) is 11.6. The molecule has 0 atom stereocenters. The van der Waals surface area contributed by atoms with Crippen molar-refractivity contribution < 1.29 is 10.0 Å². The Morgan fingerprint density at radius 1 is 1.26 bits per heavy atom. The van der Waals surface area contributed by atoms with E-state index in [0.717, 1.165) is 5.82 Å². The molecule has 0 spiro atoms. The van der Waals surface area contributed by atoms with Gasteiger partial charge >= 0.3 is 49.7 Å². The molecule has 0 saturated heterocycles. The first kappa shape index (κ1) is 24.2. The van der Waals surface area contributed by atoms with Crippen LogP contribution >= 0.6 is 24.8 Å². The van der Waals surface area contributed by atoms with Crippen LogP contribution in [-0.2, 0) is 0 Å². The zero-order valence-corrected chi connectivity index (χ0v) is 13.7. The molecular weight excluding hydrogens is 281 g/mol. The summed E-state index contributed by atoms with van der Waals surface area (Å²) in [6, 6.07) is 3.36. The van der Waals surface area contributed by atoms with Crippen molar-refractivity contribution in [2.75, 3.05) is 19.0 Å². The number of aromatic nitrogens is 1. The van der Waals surface area contributed by atoms with Crippen LogP contribution in [0.5, 0.6) is 0 Å². The summed E-state index contributed by atoms with van der Waals surface area (Å²) in [4.78, 5) is 5.85. The first-order valence-corrected chi connectivity index (χ1v) is 6.02. The van der Waals surface area contributed by atoms with Gasteiger partial charge in [-0.2, -0.15) is 0 Å². The molecule has 0 amide bonds. The summed E-state index contributed by atoms with van der Waals surface area (Å²) in [7, 11) is 2.31. The second kappa shape index (κ2) is 14.5. The molecule has 0 aliphatic carbocycles. The van der Waals surface area contributed by atoms with E-state index in [-0.39, 0.29) is 24.8 Å². The zero-order valence-electron chi connectivity index (χ0n) is 12.0. The fraction of sp³-hybridized carbons (Fsp3) is 0.545. The van der Waals surface area contributed by atoms with Crippen LogP contribution in [0.4, 0.5) is 5.82 Å². The summed E-state index contributed by atoms with van der Waals surface area (Å²) in [5.74, 6) is 0.791. The van der Waals surface area contributed by atoms with Gasteiger partial charge in [0.25, 0.3) is 0 Å². The van der Waals surface area contributed by atoms with E-state index < -0.39 is 7.12 Å². The third-order valence-corrected chi connectivity index (χ3v) is 2.23. The maximum absolute atomic E-state index is 8.76. The Kier molecular flexibility index (Phi) is 18.5. The molecule has 0 unspecified atom stereocenters. The molecule has 0 fully saturated rings. The molecule has 1 rings (SSSR count). The van der Waals surface area contributed by atoms with Crippen LogP contribution < -0.4 is 10.4 Å². The van der Waals surface area contributed by atoms with E-state index >= 15 is 0 Å². The molecule has 106 valence electrons. The van der Waals surface area contributed by atoms with Gasteiger partial charge in [0.15, 0.2) is 0 Å². The Bertz CT molecular complexity index is 274. The van der Waals surface area contributed by atoms with Crippen LogP contribution in [0, 0.1) is 0 Å². The van der Waals surface area contributed by atoms with Crippen LogP contribution in [0.15, 0.2) is 18.3 Å². The zero-order chi connectivity index (χ0) is 13.3. The Labute approximate surface area is 138 Å². The number of nitrogens with zero attached hydrogens (tertiary/aromatic N) is 2. The quantitative estimate of drug-likeness (QED) is 0.816. The van der Waals surface area contributed by atoms with Crippen molar-refractivity contribution in [2.24, 2.45) is 0 Å². The number of halogens is 2. The number of unbranched alkanes of at least 4 members (excludes halogenated alkanes) is 1. The Balaban J connectivity index is -0.000000320. The second-order valence-electron chi connectivity index (χ2n) is 4.07. The molecule has 0 radical (unpaired) electrons. The topological polar surface area (TPSA) is 56.6 Å². The Morgan fingerprint density at radius 3 is 2.05 bits per heavy atom. The van der Waals surface area contributed by atoms with Gasteiger partial charge in [-0.1, -0.05) is 6.07 Å². The minimum atomic E-state index is -1.44. The fourth-order valence-corrected chi connectivity index (χ4v) is 1.17. The van der Waals surface area contributed by atoms with Gasteiger partial charge in [0.2, 0.25) is 0 Å². The van der Waals surface area contributed by atoms with E-state index in [1.54, 1.807) is 12.1 Å². The summed E-state index contributed by atoms with van der Waals surface area (Å²) < 4.78 is 0. The van der Waals surface area contributed by atoms with E-state index in [0.29, 0.717) is 5.46 Å². The maximum atomic E-state index is 8.76. The van der Waals surface area contributed by atoms with Crippen molar-refractivity contribution in [3.63, 3.8) is 0 Å². The molecule has 0 aromatic carbocycles. The fourth-order valence-electron chi connectivity index (χ4n) is 1.17. The van der Waals surface area contributed by atoms with Crippen molar-refractivity contribution in [3.05, 3.63) is 18.3 Å². The molecule has 19 heavy (non-hydrogen) atoms. The van der Waals surface area contributed by atoms with Gasteiger partial charge in [-0.15, -0.1) is 24.8 Å². The number of hydrogen-bond donors (Lipinski definition) is 2. The number of anilines is 1. The summed E-state index contributed by atoms with van der Waals surface area (Å²) in [6.07, 6.45) is 4.18. The van der Waals surface area contributed by atoms with Crippen LogP contribution in [0.1, 0.15) is 19.8 Å². The Morgan fingerprint density at radius 2 is 1.84 bits per heavy atom. The molecular formula is C11H22BCl2LiN2O2. The van der Waals surface area contributed by atoms with Gasteiger partial charge in [0.05, 0.1) is 0 Å². The van der Waals surface area contributed by atoms with E-state index in [1.807, 2.05) is 19.0 Å². The number of hydrogen-bond acceptors (Lipinski definition) is 4. The van der Waals surface area contributed by atoms with E-state index in [9.17, 15) is 0 Å². The van der Waals surface area contributed by atoms with Crippen molar-refractivity contribution in [2.45, 2.75) is 24.9 Å². The Hall–Kier alpha value is 0.112. The van der Waals surface area contributed by atoms with Crippen LogP contribution in [0.25, 0.3) is 0 Å². The standard InChI is InChI=1S/C7H11BN2O2.C4H9.2ClH.Li/c1-10(2)7-4-3-6(5-9-7)8(11)12;1-3-4-2;;;/h3-5,11-12H,1-2H3;1,3-4H2,2H3;2*1H;. The van der Waals surface area contributed by atoms with Crippen molar-refractivity contribution in [1.82, 2.24) is 4.98 Å². The van der Waals surface area contributed by atoms with Crippen molar-refractivity contribution >= 4 is 60.9 Å². The predicted molar refractivity (Wildman–Crippen MR) is 88.4 cm³/mol. The molecule has 1 aromatic rings. The van der Waals surface area contributed by atoms with Gasteiger partial charge in [0.1, 0.15) is 5.82 Å². The summed E-state index contributed by atoms with van der Waals surface area (Å²) in [5, 5.41) is 18.9. The average molecular weight is 303 g/mol. The van der Waals surface area contributed by atoms with E-state index in [4.69, 9.17) is 10.0 Å². The van der Waals surface area contributed by atoms with Gasteiger partial charge in [-0.05, 0) is 6.07 Å². The minimum absolute atomic E-state index is 0. The molecule has 2 N–H and O–H groups in total. The van der Waals surface area contributed by atoms with E-state index in [2.05, 4.69) is 29.6 Å². The first-order chi connectivity index (χ1) is 8.02. The predicted octanol–water partition coefficient (Wildman–Crippen LogP) is 1.04. The normalized spacial score (nSPS) is 8.37.